The second kappa shape index (κ2) is 6.16. The minimum Gasteiger partial charge on any atom is -0.359 e. The number of aromatic nitrogens is 4. The predicted octanol–water partition coefficient (Wildman–Crippen LogP) is 2.24. The third-order valence-electron chi connectivity index (χ3n) is 5.78. The quantitative estimate of drug-likeness (QED) is 0.708. The van der Waals surface area contributed by atoms with Crippen molar-refractivity contribution in [2.75, 3.05) is 24.5 Å². The topological polar surface area (TPSA) is 91.2 Å². The second-order valence-electron chi connectivity index (χ2n) is 7.58. The maximum Gasteiger partial charge on any atom is 0.161 e. The van der Waals surface area contributed by atoms with Crippen LogP contribution in [-0.4, -0.2) is 56.5 Å². The highest BCUT2D eigenvalue weighted by atomic mass is 16.5. The monoisotopic (exact) mass is 366 g/mol. The third-order valence-corrected chi connectivity index (χ3v) is 5.78. The van der Waals surface area contributed by atoms with Crippen molar-refractivity contribution >= 4 is 23.1 Å². The van der Waals surface area contributed by atoms with Gasteiger partial charge in [0.1, 0.15) is 30.1 Å². The second-order valence-corrected chi connectivity index (χ2v) is 7.58. The molecule has 1 saturated heterocycles. The first-order chi connectivity index (χ1) is 13.2. The number of nitrogens with zero attached hydrogens (tertiary/aromatic N) is 5. The van der Waals surface area contributed by atoms with Gasteiger partial charge in [-0.3, -0.25) is 4.90 Å². The molecule has 1 aliphatic heterocycles. The Kier molecular flexibility index (Phi) is 3.75. The smallest absolute Gasteiger partial charge is 0.161 e. The highest BCUT2D eigenvalue weighted by Gasteiger charge is 2.53. The van der Waals surface area contributed by atoms with Crippen LogP contribution in [0.5, 0.6) is 0 Å². The summed E-state index contributed by atoms with van der Waals surface area (Å²) in [5, 5.41) is 5.01. The Hall–Kier alpha value is -2.74. The molecule has 0 radical (unpaired) electrons. The van der Waals surface area contributed by atoms with Gasteiger partial charge in [0.05, 0.1) is 11.1 Å². The predicted molar refractivity (Wildman–Crippen MR) is 99.4 cm³/mol. The number of aldehydes is 1. The van der Waals surface area contributed by atoms with E-state index in [-0.39, 0.29) is 11.6 Å². The molecule has 0 aromatic carbocycles. The van der Waals surface area contributed by atoms with Crippen LogP contribution in [0.3, 0.4) is 0 Å². The number of anilines is 1. The molecular weight excluding hydrogens is 344 g/mol. The fourth-order valence-corrected chi connectivity index (χ4v) is 4.33. The highest BCUT2D eigenvalue weighted by Crippen LogP contribution is 2.48. The highest BCUT2D eigenvalue weighted by molar-refractivity contribution is 5.87. The van der Waals surface area contributed by atoms with Gasteiger partial charge in [0, 0.05) is 37.4 Å². The number of fused-ring (bicyclic) bond motifs is 1. The summed E-state index contributed by atoms with van der Waals surface area (Å²) in [5.74, 6) is 1.60. The van der Waals surface area contributed by atoms with Crippen molar-refractivity contribution < 1.29 is 9.32 Å². The lowest BCUT2D eigenvalue weighted by Crippen LogP contribution is -2.45. The first-order valence-corrected chi connectivity index (χ1v) is 9.38. The molecule has 2 aliphatic rings. The largest absolute Gasteiger partial charge is 0.359 e. The van der Waals surface area contributed by atoms with E-state index in [9.17, 15) is 4.79 Å². The first kappa shape index (κ1) is 16.4. The number of carbonyl (C=O) groups excluding carboxylic acids is 1. The molecule has 3 aromatic heterocycles. The molecule has 2 fully saturated rings. The van der Waals surface area contributed by atoms with E-state index in [0.717, 1.165) is 67.7 Å². The Balaban J connectivity index is 1.47. The van der Waals surface area contributed by atoms with E-state index < -0.39 is 0 Å². The van der Waals surface area contributed by atoms with Crippen LogP contribution in [0, 0.1) is 6.92 Å². The zero-order chi connectivity index (χ0) is 18.4. The van der Waals surface area contributed by atoms with Gasteiger partial charge in [-0.25, -0.2) is 9.97 Å². The van der Waals surface area contributed by atoms with E-state index in [0.29, 0.717) is 5.76 Å². The average Bonchev–Trinajstić information content (AvgIpc) is 3.13. The molecule has 1 atom stereocenters. The number of aromatic amines is 1. The van der Waals surface area contributed by atoms with Gasteiger partial charge in [-0.15, -0.1) is 0 Å². The van der Waals surface area contributed by atoms with E-state index in [1.54, 1.807) is 6.33 Å². The Morgan fingerprint density at radius 2 is 2.22 bits per heavy atom. The molecular formula is C19H22N6O2. The minimum absolute atomic E-state index is 0.0175. The number of aryl methyl sites for hydroxylation is 1. The molecule has 5 rings (SSSR count). The summed E-state index contributed by atoms with van der Waals surface area (Å²) >= 11 is 0. The van der Waals surface area contributed by atoms with Crippen LogP contribution >= 0.6 is 0 Å². The fourth-order valence-electron chi connectivity index (χ4n) is 4.33. The summed E-state index contributed by atoms with van der Waals surface area (Å²) in [4.78, 5) is 28.7. The van der Waals surface area contributed by atoms with Crippen LogP contribution in [0.4, 0.5) is 5.82 Å². The molecule has 1 spiro atoms. The normalized spacial score (nSPS) is 20.7. The molecule has 140 valence electrons. The van der Waals surface area contributed by atoms with Gasteiger partial charge in [0.2, 0.25) is 0 Å². The van der Waals surface area contributed by atoms with Crippen molar-refractivity contribution in [1.29, 1.82) is 0 Å². The van der Waals surface area contributed by atoms with Crippen LogP contribution < -0.4 is 4.90 Å². The van der Waals surface area contributed by atoms with Crippen LogP contribution in [-0.2, 0) is 4.79 Å². The molecule has 27 heavy (non-hydrogen) atoms. The van der Waals surface area contributed by atoms with Crippen molar-refractivity contribution in [2.45, 2.75) is 37.8 Å². The van der Waals surface area contributed by atoms with Gasteiger partial charge in [0.15, 0.2) is 5.76 Å². The zero-order valence-corrected chi connectivity index (χ0v) is 15.3. The average molecular weight is 366 g/mol. The van der Waals surface area contributed by atoms with Gasteiger partial charge in [-0.05, 0) is 32.3 Å². The number of hydrogen-bond donors (Lipinski definition) is 1. The van der Waals surface area contributed by atoms with Gasteiger partial charge < -0.3 is 19.2 Å². The molecule has 1 aliphatic carbocycles. The van der Waals surface area contributed by atoms with Crippen molar-refractivity contribution in [3.63, 3.8) is 0 Å². The molecule has 8 heteroatoms. The van der Waals surface area contributed by atoms with Crippen molar-refractivity contribution in [3.05, 3.63) is 36.1 Å². The third kappa shape index (κ3) is 2.71. The molecule has 1 saturated carbocycles. The number of rotatable bonds is 4. The molecule has 1 unspecified atom stereocenters. The van der Waals surface area contributed by atoms with Crippen molar-refractivity contribution in [1.82, 2.24) is 25.0 Å². The van der Waals surface area contributed by atoms with E-state index >= 15 is 0 Å². The maximum atomic E-state index is 12.0. The van der Waals surface area contributed by atoms with E-state index in [2.05, 4.69) is 29.9 Å². The lowest BCUT2D eigenvalue weighted by atomic mass is 10.1. The van der Waals surface area contributed by atoms with Crippen LogP contribution in [0.25, 0.3) is 11.0 Å². The van der Waals surface area contributed by atoms with Gasteiger partial charge in [0.25, 0.3) is 0 Å². The fraction of sp³-hybridized carbons (Fsp3) is 0.474. The van der Waals surface area contributed by atoms with Gasteiger partial charge >= 0.3 is 0 Å². The summed E-state index contributed by atoms with van der Waals surface area (Å²) in [6.45, 7) is 4.47. The Bertz CT molecular complexity index is 975. The molecule has 4 heterocycles. The van der Waals surface area contributed by atoms with Crippen LogP contribution in [0.1, 0.15) is 36.8 Å². The SMILES string of the molecule is Cc1cc(C(C=O)N2CCCN(c3ncnc4[nH]ccc34)CC23CC3)on1. The van der Waals surface area contributed by atoms with Crippen molar-refractivity contribution in [3.8, 4) is 0 Å². The summed E-state index contributed by atoms with van der Waals surface area (Å²) in [7, 11) is 0. The Morgan fingerprint density at radius 1 is 1.33 bits per heavy atom. The Morgan fingerprint density at radius 3 is 2.96 bits per heavy atom. The zero-order valence-electron chi connectivity index (χ0n) is 15.3. The van der Waals surface area contributed by atoms with E-state index in [4.69, 9.17) is 4.52 Å². The van der Waals surface area contributed by atoms with Crippen LogP contribution in [0.15, 0.2) is 29.2 Å². The lowest BCUT2D eigenvalue weighted by Gasteiger charge is -2.35. The molecule has 8 nitrogen and oxygen atoms in total. The molecule has 1 N–H and O–H groups in total. The summed E-state index contributed by atoms with van der Waals surface area (Å²) in [6, 6.07) is 3.51. The number of H-pyrrole nitrogens is 1. The minimum atomic E-state index is -0.383. The number of nitrogens with one attached hydrogen (secondary N) is 1. The summed E-state index contributed by atoms with van der Waals surface area (Å²) in [6.07, 6.45) is 7.60. The summed E-state index contributed by atoms with van der Waals surface area (Å²) in [5.41, 5.74) is 1.64. The van der Waals surface area contributed by atoms with Gasteiger partial charge in [-0.1, -0.05) is 5.16 Å². The molecule has 0 amide bonds. The van der Waals surface area contributed by atoms with Gasteiger partial charge in [-0.2, -0.15) is 0 Å². The molecule has 0 bridgehead atoms. The first-order valence-electron chi connectivity index (χ1n) is 9.38. The maximum absolute atomic E-state index is 12.0. The van der Waals surface area contributed by atoms with E-state index in [1.807, 2.05) is 25.3 Å². The van der Waals surface area contributed by atoms with Crippen molar-refractivity contribution in [2.24, 2.45) is 0 Å². The molecule has 3 aromatic rings. The lowest BCUT2D eigenvalue weighted by molar-refractivity contribution is -0.114. The summed E-state index contributed by atoms with van der Waals surface area (Å²) < 4.78 is 5.43. The number of carbonyl (C=O) groups is 1. The van der Waals surface area contributed by atoms with Crippen LogP contribution in [0.2, 0.25) is 0 Å². The van der Waals surface area contributed by atoms with E-state index in [1.165, 1.54) is 0 Å². The Labute approximate surface area is 156 Å². The standard InChI is InChI=1S/C19H22N6O2/c1-13-9-16(27-23-13)15(10-26)25-8-2-7-24(11-19(25)4-5-19)18-14-3-6-20-17(14)21-12-22-18/h3,6,9-10,12,15H,2,4-5,7-8,11H2,1H3,(H,20,21,22). The number of hydrogen-bond acceptors (Lipinski definition) is 7.